The fourth-order valence-corrected chi connectivity index (χ4v) is 1.51. The molecule has 0 aliphatic rings. The Bertz CT molecular complexity index is 546. The van der Waals surface area contributed by atoms with E-state index in [1.807, 2.05) is 12.1 Å². The highest BCUT2D eigenvalue weighted by Crippen LogP contribution is 2.22. The molecule has 3 nitrogen and oxygen atoms in total. The predicted molar refractivity (Wildman–Crippen MR) is 59.4 cm³/mol. The number of benzene rings is 2. The van der Waals surface area contributed by atoms with Gasteiger partial charge in [-0.15, -0.1) is 4.91 Å². The Labute approximate surface area is 86.7 Å². The summed E-state index contributed by atoms with van der Waals surface area (Å²) in [6.07, 6.45) is 0. The van der Waals surface area contributed by atoms with Crippen LogP contribution in [0.15, 0.2) is 41.6 Å². The molecule has 74 valence electrons. The smallest absolute Gasteiger partial charge is 0.159 e. The van der Waals surface area contributed by atoms with Crippen LogP contribution in [0, 0.1) is 4.91 Å². The van der Waals surface area contributed by atoms with Gasteiger partial charge in [0.05, 0.1) is 0 Å². The van der Waals surface area contributed by atoms with Gasteiger partial charge >= 0.3 is 0 Å². The number of rotatable bonds is 2. The molecule has 2 aromatic carbocycles. The zero-order valence-corrected chi connectivity index (χ0v) is 8.23. The summed E-state index contributed by atoms with van der Waals surface area (Å²) in [5.74, 6) is 0.0366. The van der Waals surface area contributed by atoms with Crippen molar-refractivity contribution in [3.05, 3.63) is 46.9 Å². The Morgan fingerprint density at radius 3 is 2.40 bits per heavy atom. The minimum Gasteiger partial charge on any atom is -0.295 e. The van der Waals surface area contributed by atoms with E-state index in [0.29, 0.717) is 11.3 Å². The summed E-state index contributed by atoms with van der Waals surface area (Å²) in [6.45, 7) is 1.53. The zero-order chi connectivity index (χ0) is 10.8. The van der Waals surface area contributed by atoms with Gasteiger partial charge in [0.2, 0.25) is 0 Å². The fraction of sp³-hybridized carbons (Fsp3) is 0.0833. The fourth-order valence-electron chi connectivity index (χ4n) is 1.51. The summed E-state index contributed by atoms with van der Waals surface area (Å²) in [5.41, 5.74) is 1.08. The van der Waals surface area contributed by atoms with Crippen molar-refractivity contribution in [3.8, 4) is 0 Å². The second-order valence-corrected chi connectivity index (χ2v) is 3.39. The van der Waals surface area contributed by atoms with Gasteiger partial charge in [-0.2, -0.15) is 0 Å². The van der Waals surface area contributed by atoms with Crippen molar-refractivity contribution in [1.82, 2.24) is 0 Å². The minimum atomic E-state index is 0.0366. The van der Waals surface area contributed by atoms with Crippen molar-refractivity contribution in [3.63, 3.8) is 0 Å². The summed E-state index contributed by atoms with van der Waals surface area (Å²) in [6, 6.07) is 10.5. The lowest BCUT2D eigenvalue weighted by molar-refractivity contribution is 0.101. The molecule has 0 N–H and O–H groups in total. The second-order valence-electron chi connectivity index (χ2n) is 3.39. The van der Waals surface area contributed by atoms with E-state index in [-0.39, 0.29) is 5.78 Å². The maximum absolute atomic E-state index is 11.1. The highest BCUT2D eigenvalue weighted by atomic mass is 16.3. The average molecular weight is 199 g/mol. The van der Waals surface area contributed by atoms with Crippen LogP contribution in [0.1, 0.15) is 17.3 Å². The quantitative estimate of drug-likeness (QED) is 0.549. The molecule has 3 heteroatoms. The van der Waals surface area contributed by atoms with E-state index in [2.05, 4.69) is 5.18 Å². The molecule has 0 aromatic heterocycles. The molecule has 0 fully saturated rings. The number of fused-ring (bicyclic) bond motifs is 1. The summed E-state index contributed by atoms with van der Waals surface area (Å²) < 4.78 is 0. The van der Waals surface area contributed by atoms with Crippen LogP contribution in [0.25, 0.3) is 10.8 Å². The Kier molecular flexibility index (Phi) is 2.29. The van der Waals surface area contributed by atoms with Crippen molar-refractivity contribution in [2.75, 3.05) is 0 Å². The van der Waals surface area contributed by atoms with Crippen molar-refractivity contribution in [2.45, 2.75) is 6.92 Å². The van der Waals surface area contributed by atoms with E-state index < -0.39 is 0 Å². The van der Waals surface area contributed by atoms with E-state index in [1.165, 1.54) is 6.92 Å². The van der Waals surface area contributed by atoms with Crippen LogP contribution in [0.5, 0.6) is 0 Å². The third-order valence-electron chi connectivity index (χ3n) is 2.34. The second kappa shape index (κ2) is 3.61. The van der Waals surface area contributed by atoms with Crippen LogP contribution in [-0.2, 0) is 0 Å². The summed E-state index contributed by atoms with van der Waals surface area (Å²) in [5, 5.41) is 4.72. The Morgan fingerprint density at radius 2 is 1.73 bits per heavy atom. The van der Waals surface area contributed by atoms with Crippen molar-refractivity contribution < 1.29 is 4.79 Å². The normalized spacial score (nSPS) is 10.2. The third-order valence-corrected chi connectivity index (χ3v) is 2.34. The number of hydrogen-bond acceptors (Lipinski definition) is 3. The number of Topliss-reactive ketones (excluding diaryl/α,β-unsaturated/α-hetero) is 1. The lowest BCUT2D eigenvalue weighted by Crippen LogP contribution is -1.90. The first kappa shape index (κ1) is 9.52. The van der Waals surface area contributed by atoms with Gasteiger partial charge in [-0.05, 0) is 41.1 Å². The standard InChI is InChI=1S/C12H9NO2/c1-8(14)9-2-3-11-7-12(13-15)5-4-10(11)6-9/h2-7H,1H3. The molecular formula is C12H9NO2. The van der Waals surface area contributed by atoms with Crippen molar-refractivity contribution in [1.29, 1.82) is 0 Å². The molecule has 2 rings (SSSR count). The average Bonchev–Trinajstić information content (AvgIpc) is 2.27. The zero-order valence-electron chi connectivity index (χ0n) is 8.23. The lowest BCUT2D eigenvalue weighted by Gasteiger charge is -2.00. The molecule has 0 aliphatic heterocycles. The number of carbonyl (C=O) groups excluding carboxylic acids is 1. The Balaban J connectivity index is 2.64. The van der Waals surface area contributed by atoms with Gasteiger partial charge in [-0.3, -0.25) is 4.79 Å². The van der Waals surface area contributed by atoms with Crippen LogP contribution in [0.3, 0.4) is 0 Å². The number of nitrogens with zero attached hydrogens (tertiary/aromatic N) is 1. The summed E-state index contributed by atoms with van der Waals surface area (Å²) >= 11 is 0. The maximum atomic E-state index is 11.1. The summed E-state index contributed by atoms with van der Waals surface area (Å²) in [4.78, 5) is 21.5. The predicted octanol–water partition coefficient (Wildman–Crippen LogP) is 3.44. The first-order chi connectivity index (χ1) is 7.20. The topological polar surface area (TPSA) is 46.5 Å². The molecule has 0 aliphatic carbocycles. The van der Waals surface area contributed by atoms with E-state index >= 15 is 0 Å². The van der Waals surface area contributed by atoms with Gasteiger partial charge < -0.3 is 0 Å². The van der Waals surface area contributed by atoms with Gasteiger partial charge in [0.15, 0.2) is 5.78 Å². The molecular weight excluding hydrogens is 190 g/mol. The number of nitroso groups, excluding NO2 is 1. The number of ketones is 1. The first-order valence-corrected chi connectivity index (χ1v) is 4.59. The van der Waals surface area contributed by atoms with E-state index in [1.54, 1.807) is 24.3 Å². The molecule has 0 bridgehead atoms. The van der Waals surface area contributed by atoms with Crippen LogP contribution in [-0.4, -0.2) is 5.78 Å². The van der Waals surface area contributed by atoms with Crippen molar-refractivity contribution >= 4 is 22.2 Å². The van der Waals surface area contributed by atoms with Gasteiger partial charge in [0.25, 0.3) is 0 Å². The highest BCUT2D eigenvalue weighted by molar-refractivity contribution is 5.98. The molecule has 0 saturated heterocycles. The molecule has 2 aromatic rings. The van der Waals surface area contributed by atoms with Crippen LogP contribution in [0.2, 0.25) is 0 Å². The highest BCUT2D eigenvalue weighted by Gasteiger charge is 2.01. The Hall–Kier alpha value is -2.03. The third kappa shape index (κ3) is 1.76. The monoisotopic (exact) mass is 199 g/mol. The van der Waals surface area contributed by atoms with E-state index in [0.717, 1.165) is 10.8 Å². The largest absolute Gasteiger partial charge is 0.295 e. The number of carbonyl (C=O) groups is 1. The van der Waals surface area contributed by atoms with Gasteiger partial charge in [0, 0.05) is 5.56 Å². The van der Waals surface area contributed by atoms with Crippen LogP contribution < -0.4 is 0 Å². The van der Waals surface area contributed by atoms with Crippen LogP contribution >= 0.6 is 0 Å². The maximum Gasteiger partial charge on any atom is 0.159 e. The number of hydrogen-bond donors (Lipinski definition) is 0. The molecule has 0 saturated carbocycles. The molecule has 0 amide bonds. The Morgan fingerprint density at radius 1 is 1.07 bits per heavy atom. The van der Waals surface area contributed by atoms with Crippen LogP contribution in [0.4, 0.5) is 5.69 Å². The van der Waals surface area contributed by atoms with E-state index in [4.69, 9.17) is 0 Å². The van der Waals surface area contributed by atoms with Gasteiger partial charge in [0.1, 0.15) is 5.69 Å². The molecule has 0 unspecified atom stereocenters. The summed E-state index contributed by atoms with van der Waals surface area (Å²) in [7, 11) is 0. The first-order valence-electron chi connectivity index (χ1n) is 4.59. The van der Waals surface area contributed by atoms with Crippen molar-refractivity contribution in [2.24, 2.45) is 5.18 Å². The molecule has 15 heavy (non-hydrogen) atoms. The minimum absolute atomic E-state index is 0.0366. The van der Waals surface area contributed by atoms with E-state index in [9.17, 15) is 9.70 Å². The SMILES string of the molecule is CC(=O)c1ccc2cc(N=O)ccc2c1. The molecule has 0 spiro atoms. The molecule has 0 atom stereocenters. The van der Waals surface area contributed by atoms with Gasteiger partial charge in [-0.25, -0.2) is 0 Å². The van der Waals surface area contributed by atoms with Gasteiger partial charge in [-0.1, -0.05) is 18.2 Å². The lowest BCUT2D eigenvalue weighted by atomic mass is 10.0. The molecule has 0 heterocycles. The molecule has 0 radical (unpaired) electrons.